The number of hydrogen-bond acceptors (Lipinski definition) is 4. The SMILES string of the molecule is CN(C)CCOc1ccccc1C(=O)NCC(O)c1ccc(F)cc1. The summed E-state index contributed by atoms with van der Waals surface area (Å²) in [5, 5.41) is 12.8. The zero-order valence-corrected chi connectivity index (χ0v) is 14.4. The number of nitrogens with one attached hydrogen (secondary N) is 1. The van der Waals surface area contributed by atoms with Gasteiger partial charge < -0.3 is 20.1 Å². The molecule has 5 nitrogen and oxygen atoms in total. The fourth-order valence-electron chi connectivity index (χ4n) is 2.21. The largest absolute Gasteiger partial charge is 0.491 e. The molecule has 2 aromatic rings. The summed E-state index contributed by atoms with van der Waals surface area (Å²) >= 11 is 0. The fraction of sp³-hybridized carbons (Fsp3) is 0.316. The lowest BCUT2D eigenvalue weighted by Crippen LogP contribution is -2.29. The van der Waals surface area contributed by atoms with E-state index in [1.165, 1.54) is 24.3 Å². The van der Waals surface area contributed by atoms with Gasteiger partial charge in [0.1, 0.15) is 18.2 Å². The van der Waals surface area contributed by atoms with Crippen LogP contribution in [0.5, 0.6) is 5.75 Å². The third kappa shape index (κ3) is 5.85. The molecule has 0 fully saturated rings. The summed E-state index contributed by atoms with van der Waals surface area (Å²) in [5.74, 6) is -0.205. The van der Waals surface area contributed by atoms with Crippen molar-refractivity contribution in [2.24, 2.45) is 0 Å². The number of carbonyl (C=O) groups is 1. The van der Waals surface area contributed by atoms with Crippen LogP contribution >= 0.6 is 0 Å². The number of para-hydroxylation sites is 1. The van der Waals surface area contributed by atoms with Crippen LogP contribution in [0, 0.1) is 5.82 Å². The molecule has 134 valence electrons. The van der Waals surface area contributed by atoms with E-state index in [2.05, 4.69) is 5.32 Å². The van der Waals surface area contributed by atoms with E-state index in [0.717, 1.165) is 6.54 Å². The number of aliphatic hydroxyl groups excluding tert-OH is 1. The number of halogens is 1. The van der Waals surface area contributed by atoms with Crippen molar-refractivity contribution in [1.82, 2.24) is 10.2 Å². The van der Waals surface area contributed by atoms with Crippen molar-refractivity contribution in [2.75, 3.05) is 33.8 Å². The van der Waals surface area contributed by atoms with Gasteiger partial charge in [-0.1, -0.05) is 24.3 Å². The molecule has 0 spiro atoms. The van der Waals surface area contributed by atoms with Gasteiger partial charge in [0.05, 0.1) is 11.7 Å². The third-order valence-corrected chi connectivity index (χ3v) is 3.64. The molecule has 2 rings (SSSR count). The maximum Gasteiger partial charge on any atom is 0.255 e. The lowest BCUT2D eigenvalue weighted by atomic mass is 10.1. The number of amides is 1. The van der Waals surface area contributed by atoms with Gasteiger partial charge in [-0.3, -0.25) is 4.79 Å². The van der Waals surface area contributed by atoms with Gasteiger partial charge in [-0.2, -0.15) is 0 Å². The molecule has 0 aromatic heterocycles. The quantitative estimate of drug-likeness (QED) is 0.769. The van der Waals surface area contributed by atoms with Crippen LogP contribution < -0.4 is 10.1 Å². The molecule has 0 radical (unpaired) electrons. The molecular formula is C19H23FN2O3. The van der Waals surface area contributed by atoms with Crippen LogP contribution in [0.15, 0.2) is 48.5 Å². The van der Waals surface area contributed by atoms with Crippen LogP contribution in [0.25, 0.3) is 0 Å². The summed E-state index contributed by atoms with van der Waals surface area (Å²) in [5.41, 5.74) is 0.949. The third-order valence-electron chi connectivity index (χ3n) is 3.64. The Morgan fingerprint density at radius 2 is 1.88 bits per heavy atom. The average molecular weight is 346 g/mol. The van der Waals surface area contributed by atoms with E-state index in [1.54, 1.807) is 24.3 Å². The molecule has 6 heteroatoms. The fourth-order valence-corrected chi connectivity index (χ4v) is 2.21. The summed E-state index contributed by atoms with van der Waals surface area (Å²) < 4.78 is 18.6. The van der Waals surface area contributed by atoms with Crippen molar-refractivity contribution in [2.45, 2.75) is 6.10 Å². The van der Waals surface area contributed by atoms with Crippen LogP contribution in [-0.2, 0) is 0 Å². The number of benzene rings is 2. The highest BCUT2D eigenvalue weighted by molar-refractivity contribution is 5.96. The first-order chi connectivity index (χ1) is 12.0. The van der Waals surface area contributed by atoms with Crippen LogP contribution in [0.4, 0.5) is 4.39 Å². The van der Waals surface area contributed by atoms with Gasteiger partial charge in [-0.25, -0.2) is 4.39 Å². The lowest BCUT2D eigenvalue weighted by molar-refractivity contribution is 0.0912. The second-order valence-electron chi connectivity index (χ2n) is 5.93. The number of likely N-dealkylation sites (N-methyl/N-ethyl adjacent to an activating group) is 1. The molecule has 0 aliphatic rings. The van der Waals surface area contributed by atoms with Crippen molar-refractivity contribution < 1.29 is 19.0 Å². The molecule has 0 heterocycles. The van der Waals surface area contributed by atoms with E-state index < -0.39 is 6.10 Å². The Balaban J connectivity index is 1.95. The van der Waals surface area contributed by atoms with Gasteiger partial charge in [-0.15, -0.1) is 0 Å². The van der Waals surface area contributed by atoms with Gasteiger partial charge in [0, 0.05) is 13.1 Å². The number of nitrogens with zero attached hydrogens (tertiary/aromatic N) is 1. The lowest BCUT2D eigenvalue weighted by Gasteiger charge is -2.15. The Morgan fingerprint density at radius 3 is 2.56 bits per heavy atom. The van der Waals surface area contributed by atoms with E-state index in [-0.39, 0.29) is 18.3 Å². The van der Waals surface area contributed by atoms with Crippen LogP contribution in [0.3, 0.4) is 0 Å². The number of rotatable bonds is 8. The maximum atomic E-state index is 12.9. The number of aliphatic hydroxyl groups is 1. The van der Waals surface area contributed by atoms with Crippen molar-refractivity contribution >= 4 is 5.91 Å². The maximum absolute atomic E-state index is 12.9. The average Bonchev–Trinajstić information content (AvgIpc) is 2.60. The van der Waals surface area contributed by atoms with Gasteiger partial charge >= 0.3 is 0 Å². The minimum absolute atomic E-state index is 0.0243. The Morgan fingerprint density at radius 1 is 1.20 bits per heavy atom. The summed E-state index contributed by atoms with van der Waals surface area (Å²) in [7, 11) is 3.89. The minimum Gasteiger partial charge on any atom is -0.491 e. The van der Waals surface area contributed by atoms with E-state index in [0.29, 0.717) is 23.5 Å². The first-order valence-electron chi connectivity index (χ1n) is 8.05. The number of carbonyl (C=O) groups excluding carboxylic acids is 1. The zero-order valence-electron chi connectivity index (χ0n) is 14.4. The highest BCUT2D eigenvalue weighted by Gasteiger charge is 2.14. The summed E-state index contributed by atoms with van der Waals surface area (Å²) in [4.78, 5) is 14.4. The van der Waals surface area contributed by atoms with Gasteiger partial charge in [0.15, 0.2) is 0 Å². The predicted molar refractivity (Wildman–Crippen MR) is 94.2 cm³/mol. The van der Waals surface area contributed by atoms with Crippen molar-refractivity contribution in [3.63, 3.8) is 0 Å². The summed E-state index contributed by atoms with van der Waals surface area (Å²) in [6, 6.07) is 12.5. The molecule has 25 heavy (non-hydrogen) atoms. The van der Waals surface area contributed by atoms with E-state index in [9.17, 15) is 14.3 Å². The highest BCUT2D eigenvalue weighted by Crippen LogP contribution is 2.18. The molecular weight excluding hydrogens is 323 g/mol. The monoisotopic (exact) mass is 346 g/mol. The molecule has 0 bridgehead atoms. The smallest absolute Gasteiger partial charge is 0.255 e. The summed E-state index contributed by atoms with van der Waals surface area (Å²) in [6.45, 7) is 1.23. The van der Waals surface area contributed by atoms with Crippen LogP contribution in [0.2, 0.25) is 0 Å². The van der Waals surface area contributed by atoms with Gasteiger partial charge in [0.25, 0.3) is 5.91 Å². The first-order valence-corrected chi connectivity index (χ1v) is 8.05. The summed E-state index contributed by atoms with van der Waals surface area (Å²) in [6.07, 6.45) is -0.911. The second-order valence-corrected chi connectivity index (χ2v) is 5.93. The second kappa shape index (κ2) is 9.15. The predicted octanol–water partition coefficient (Wildman–Crippen LogP) is 2.23. The molecule has 0 aliphatic carbocycles. The topological polar surface area (TPSA) is 61.8 Å². The van der Waals surface area contributed by atoms with E-state index in [1.807, 2.05) is 19.0 Å². The molecule has 1 unspecified atom stereocenters. The Hall–Kier alpha value is -2.44. The molecule has 0 saturated heterocycles. The zero-order chi connectivity index (χ0) is 18.2. The molecule has 2 N–H and O–H groups in total. The Kier molecular flexibility index (Phi) is 6.91. The Labute approximate surface area is 147 Å². The van der Waals surface area contributed by atoms with Crippen molar-refractivity contribution in [3.05, 3.63) is 65.5 Å². The van der Waals surface area contributed by atoms with E-state index in [4.69, 9.17) is 4.74 Å². The number of hydrogen-bond donors (Lipinski definition) is 2. The first kappa shape index (κ1) is 18.9. The Bertz CT molecular complexity index is 689. The van der Waals surface area contributed by atoms with Crippen molar-refractivity contribution in [1.29, 1.82) is 0 Å². The van der Waals surface area contributed by atoms with Gasteiger partial charge in [0.2, 0.25) is 0 Å². The molecule has 2 aromatic carbocycles. The minimum atomic E-state index is -0.911. The van der Waals surface area contributed by atoms with Gasteiger partial charge in [-0.05, 0) is 43.9 Å². The van der Waals surface area contributed by atoms with Crippen LogP contribution in [0.1, 0.15) is 22.0 Å². The molecule has 0 saturated carbocycles. The standard InChI is InChI=1S/C19H23FN2O3/c1-22(2)11-12-25-18-6-4-3-5-16(18)19(24)21-13-17(23)14-7-9-15(20)10-8-14/h3-10,17,23H,11-13H2,1-2H3,(H,21,24). The van der Waals surface area contributed by atoms with E-state index >= 15 is 0 Å². The van der Waals surface area contributed by atoms with Crippen molar-refractivity contribution in [3.8, 4) is 5.75 Å². The molecule has 1 atom stereocenters. The molecule has 1 amide bonds. The molecule has 0 aliphatic heterocycles. The highest BCUT2D eigenvalue weighted by atomic mass is 19.1. The van der Waals surface area contributed by atoms with Crippen LogP contribution in [-0.4, -0.2) is 49.7 Å². The normalized spacial score (nSPS) is 12.0. The number of ether oxygens (including phenoxy) is 1.